The first-order valence-electron chi connectivity index (χ1n) is 6.18. The number of nitrogens with one attached hydrogen (secondary N) is 1. The summed E-state index contributed by atoms with van der Waals surface area (Å²) in [7, 11) is 5.54. The molecule has 0 aliphatic carbocycles. The zero-order valence-corrected chi connectivity index (χ0v) is 15.3. The molecule has 0 bridgehead atoms. The monoisotopic (exact) mass is 347 g/mol. The maximum absolute atomic E-state index is 12.7. The molecule has 1 aromatic heterocycles. The van der Waals surface area contributed by atoms with Crippen molar-refractivity contribution in [1.82, 2.24) is 15.2 Å². The summed E-state index contributed by atoms with van der Waals surface area (Å²) in [5.74, 6) is -0.224. The predicted molar refractivity (Wildman–Crippen MR) is 92.1 cm³/mol. The number of pyridine rings is 1. The summed E-state index contributed by atoms with van der Waals surface area (Å²) in [6.07, 6.45) is 2.46. The Morgan fingerprint density at radius 2 is 2.30 bits per heavy atom. The van der Waals surface area contributed by atoms with Crippen molar-refractivity contribution in [1.29, 1.82) is 0 Å². The molecule has 1 N–H and O–H groups in total. The van der Waals surface area contributed by atoms with Crippen LogP contribution in [0.5, 0.6) is 0 Å². The molecule has 1 aliphatic heterocycles. The number of amides is 3. The average molecular weight is 347 g/mol. The van der Waals surface area contributed by atoms with Crippen LogP contribution in [-0.2, 0) is 6.54 Å². The van der Waals surface area contributed by atoms with Crippen LogP contribution in [0.1, 0.15) is 29.3 Å². The van der Waals surface area contributed by atoms with Gasteiger partial charge in [-0.2, -0.15) is 0 Å². The third-order valence-corrected chi connectivity index (χ3v) is 12.8. The predicted octanol–water partition coefficient (Wildman–Crippen LogP) is 2.44. The summed E-state index contributed by atoms with van der Waals surface area (Å²) in [4.78, 5) is 30.4. The summed E-state index contributed by atoms with van der Waals surface area (Å²) in [6.45, 7) is 2.75. The molecule has 0 saturated heterocycles. The Labute approximate surface area is 125 Å². The van der Waals surface area contributed by atoms with Crippen LogP contribution in [0.15, 0.2) is 12.3 Å². The minimum absolute atomic E-state index is 0.224. The molecular weight excluding hydrogens is 330 g/mol. The van der Waals surface area contributed by atoms with Gasteiger partial charge < -0.3 is 5.32 Å². The number of carbonyl (C=O) groups excluding carboxylic acids is 2. The second-order valence-corrected chi connectivity index (χ2v) is 13.3. The number of hydrogen-bond acceptors (Lipinski definition) is 3. The van der Waals surface area contributed by atoms with Crippen molar-refractivity contribution in [2.24, 2.45) is 0 Å². The van der Waals surface area contributed by atoms with Crippen molar-refractivity contribution in [3.63, 3.8) is 0 Å². The molecule has 0 radical (unpaired) electrons. The van der Waals surface area contributed by atoms with Crippen LogP contribution in [0.2, 0.25) is 0 Å². The van der Waals surface area contributed by atoms with Crippen LogP contribution in [-0.4, -0.2) is 28.4 Å². The number of nitrogens with zero attached hydrogens (tertiary/aromatic N) is 2. The van der Waals surface area contributed by atoms with Gasteiger partial charge in [0.15, 0.2) is 0 Å². The molecule has 1 aliphatic rings. The molecule has 0 saturated carbocycles. The van der Waals surface area contributed by atoms with E-state index in [9.17, 15) is 9.59 Å². The second-order valence-electron chi connectivity index (χ2n) is 4.28. The lowest BCUT2D eigenvalue weighted by molar-refractivity contribution is 0.0807. The van der Waals surface area contributed by atoms with Crippen molar-refractivity contribution >= 4 is 50.5 Å². The van der Waals surface area contributed by atoms with Gasteiger partial charge in [-0.1, -0.05) is 14.9 Å². The van der Waals surface area contributed by atoms with E-state index in [1.54, 1.807) is 6.20 Å². The van der Waals surface area contributed by atoms with Gasteiger partial charge in [0.1, 0.15) is 0 Å². The lowest BCUT2D eigenvalue weighted by Crippen LogP contribution is -2.42. The molecule has 3 amide bonds. The smallest absolute Gasteiger partial charge is 0.324 e. The number of imide groups is 1. The highest BCUT2D eigenvalue weighted by Crippen LogP contribution is 2.64. The van der Waals surface area contributed by atoms with Gasteiger partial charge in [-0.05, 0) is 25.3 Å². The molecule has 1 aromatic rings. The molecule has 2 rings (SSSR count). The third-order valence-electron chi connectivity index (χ3n) is 2.97. The number of hydrogen-bond donors (Lipinski definition) is 1. The molecule has 0 aromatic carbocycles. The summed E-state index contributed by atoms with van der Waals surface area (Å²) in [5.41, 5.74) is 2.28. The maximum atomic E-state index is 12.7. The van der Waals surface area contributed by atoms with Gasteiger partial charge in [-0.3, -0.25) is 14.7 Å². The van der Waals surface area contributed by atoms with E-state index in [1.807, 2.05) is 13.0 Å². The quantitative estimate of drug-likeness (QED) is 0.851. The van der Waals surface area contributed by atoms with Crippen molar-refractivity contribution in [2.75, 3.05) is 6.54 Å². The Bertz CT molecular complexity index is 540. The largest absolute Gasteiger partial charge is 0.334 e. The van der Waals surface area contributed by atoms with Gasteiger partial charge in [0.05, 0.1) is 11.0 Å². The first-order chi connectivity index (χ1) is 9.60. The molecule has 9 heteroatoms. The molecule has 2 heterocycles. The fraction of sp³-hybridized carbons (Fsp3) is 0.364. The SMILES string of the molecule is CCCN1C(=O)NCc2ccnc(P(P)PP)c2C1=O. The van der Waals surface area contributed by atoms with E-state index in [4.69, 9.17) is 0 Å². The van der Waals surface area contributed by atoms with E-state index >= 15 is 0 Å². The van der Waals surface area contributed by atoms with Crippen LogP contribution < -0.4 is 10.8 Å². The fourth-order valence-electron chi connectivity index (χ4n) is 2.03. The average Bonchev–Trinajstić information content (AvgIpc) is 2.58. The number of rotatable bonds is 4. The van der Waals surface area contributed by atoms with E-state index in [2.05, 4.69) is 28.2 Å². The summed E-state index contributed by atoms with van der Waals surface area (Å²) in [6, 6.07) is 1.49. The summed E-state index contributed by atoms with van der Waals surface area (Å²) >= 11 is 0. The molecule has 4 atom stereocenters. The van der Waals surface area contributed by atoms with Gasteiger partial charge in [-0.25, -0.2) is 4.79 Å². The highest BCUT2D eigenvalue weighted by molar-refractivity contribution is 8.63. The molecule has 4 unspecified atom stereocenters. The van der Waals surface area contributed by atoms with E-state index in [0.29, 0.717) is 26.6 Å². The van der Waals surface area contributed by atoms with E-state index in [-0.39, 0.29) is 11.9 Å². The van der Waals surface area contributed by atoms with E-state index < -0.39 is 7.30 Å². The van der Waals surface area contributed by atoms with Crippen LogP contribution in [0.3, 0.4) is 0 Å². The van der Waals surface area contributed by atoms with Crippen molar-refractivity contribution in [3.8, 4) is 0 Å². The Morgan fingerprint density at radius 1 is 1.55 bits per heavy atom. The molecule has 5 nitrogen and oxygen atoms in total. The maximum Gasteiger partial charge on any atom is 0.324 e. The minimum atomic E-state index is -0.559. The fourth-order valence-corrected chi connectivity index (χ4v) is 5.39. The zero-order valence-electron chi connectivity index (χ0n) is 11.1. The normalized spacial score (nSPS) is 17.1. The van der Waals surface area contributed by atoms with Gasteiger partial charge in [0, 0.05) is 19.3 Å². The second kappa shape index (κ2) is 7.19. The summed E-state index contributed by atoms with van der Waals surface area (Å²) in [5, 5.41) is 2.79. The lowest BCUT2D eigenvalue weighted by Gasteiger charge is -2.20. The van der Waals surface area contributed by atoms with Gasteiger partial charge in [0.2, 0.25) is 0 Å². The molecular formula is C11H17N3O2P4. The number of fused-ring (bicyclic) bond motifs is 1. The summed E-state index contributed by atoms with van der Waals surface area (Å²) < 4.78 is 0. The number of aromatic nitrogens is 1. The van der Waals surface area contributed by atoms with E-state index in [1.165, 1.54) is 4.90 Å². The highest BCUT2D eigenvalue weighted by atomic mass is 32.6. The first kappa shape index (κ1) is 16.2. The highest BCUT2D eigenvalue weighted by Gasteiger charge is 2.31. The lowest BCUT2D eigenvalue weighted by atomic mass is 10.1. The van der Waals surface area contributed by atoms with Crippen LogP contribution in [0, 0.1) is 0 Å². The minimum Gasteiger partial charge on any atom is -0.334 e. The van der Waals surface area contributed by atoms with Gasteiger partial charge in [0.25, 0.3) is 5.91 Å². The van der Waals surface area contributed by atoms with Gasteiger partial charge >= 0.3 is 6.03 Å². The van der Waals surface area contributed by atoms with Crippen LogP contribution >= 0.6 is 33.1 Å². The Kier molecular flexibility index (Phi) is 5.82. The number of urea groups is 1. The standard InChI is InChI=1S/C11H17N3O2P4/c1-2-5-14-10(15)8-7(6-13-11(14)16)3-4-12-9(8)20(18)19-17/h3-4,19H,2,5-6,17-18H2,1H3,(H,13,16). The van der Waals surface area contributed by atoms with Crippen LogP contribution in [0.4, 0.5) is 4.79 Å². The third kappa shape index (κ3) is 3.18. The molecule has 0 spiro atoms. The molecule has 108 valence electrons. The van der Waals surface area contributed by atoms with E-state index in [0.717, 1.165) is 17.4 Å². The topological polar surface area (TPSA) is 62.3 Å². The Morgan fingerprint density at radius 3 is 2.95 bits per heavy atom. The van der Waals surface area contributed by atoms with Gasteiger partial charge in [-0.15, -0.1) is 17.9 Å². The zero-order chi connectivity index (χ0) is 14.7. The van der Waals surface area contributed by atoms with Crippen LogP contribution in [0.25, 0.3) is 0 Å². The van der Waals surface area contributed by atoms with Crippen molar-refractivity contribution in [2.45, 2.75) is 19.9 Å². The Hall–Kier alpha value is -0.190. The first-order valence-corrected chi connectivity index (χ1v) is 12.8. The molecule has 0 fully saturated rings. The van der Waals surface area contributed by atoms with Crippen molar-refractivity contribution in [3.05, 3.63) is 23.4 Å². The Balaban J connectivity index is 2.52. The number of carbonyl (C=O) groups is 2. The van der Waals surface area contributed by atoms with Crippen molar-refractivity contribution < 1.29 is 9.59 Å². The molecule has 20 heavy (non-hydrogen) atoms.